The quantitative estimate of drug-likeness (QED) is 0.164. The molecule has 1 spiro atoms. The second kappa shape index (κ2) is 14.3. The number of anilines is 6. The van der Waals surface area contributed by atoms with E-state index in [4.69, 9.17) is 0 Å². The molecule has 0 saturated carbocycles. The minimum atomic E-state index is -0.566. The smallest absolute Gasteiger partial charge is 0.0727 e. The number of nitrogens with zero attached hydrogens (tertiary/aromatic N) is 2. The Bertz CT molecular complexity index is 3810. The molecule has 10 aromatic carbocycles. The maximum absolute atomic E-state index is 2.51. The predicted octanol–water partition coefficient (Wildman–Crippen LogP) is 17.6. The van der Waals surface area contributed by atoms with E-state index in [-0.39, 0.29) is 5.41 Å². The van der Waals surface area contributed by atoms with Crippen LogP contribution in [0.1, 0.15) is 47.2 Å². The van der Waals surface area contributed by atoms with Crippen molar-refractivity contribution in [2.45, 2.75) is 24.7 Å². The van der Waals surface area contributed by atoms with E-state index in [0.717, 1.165) is 28.4 Å². The van der Waals surface area contributed by atoms with Crippen molar-refractivity contribution in [2.24, 2.45) is 0 Å². The van der Waals surface area contributed by atoms with Crippen LogP contribution in [0.5, 0.6) is 0 Å². The molecule has 1 atom stereocenters. The first-order valence-corrected chi connectivity index (χ1v) is 24.2. The molecular weight excluding hydrogens is 829 g/mol. The van der Waals surface area contributed by atoms with Gasteiger partial charge in [0.1, 0.15) is 0 Å². The third kappa shape index (κ3) is 5.32. The van der Waals surface area contributed by atoms with E-state index in [9.17, 15) is 0 Å². The molecule has 0 saturated heterocycles. The Morgan fingerprint density at radius 2 is 0.806 bits per heavy atom. The molecule has 0 radical (unpaired) electrons. The lowest BCUT2D eigenvalue weighted by atomic mass is 9.70. The molecule has 3 aliphatic carbocycles. The average molecular weight is 873 g/mol. The van der Waals surface area contributed by atoms with Gasteiger partial charge in [-0.2, -0.15) is 0 Å². The van der Waals surface area contributed by atoms with Gasteiger partial charge in [-0.3, -0.25) is 0 Å². The molecule has 0 N–H and O–H groups in total. The Morgan fingerprint density at radius 3 is 1.54 bits per heavy atom. The summed E-state index contributed by atoms with van der Waals surface area (Å²) >= 11 is 1.86. The van der Waals surface area contributed by atoms with E-state index in [1.54, 1.807) is 0 Å². The molecule has 0 aliphatic heterocycles. The van der Waals surface area contributed by atoms with Crippen LogP contribution in [0.3, 0.4) is 0 Å². The highest BCUT2D eigenvalue weighted by Crippen LogP contribution is 2.65. The van der Waals surface area contributed by atoms with E-state index in [0.29, 0.717) is 0 Å². The highest BCUT2D eigenvalue weighted by Gasteiger charge is 2.53. The molecule has 0 fully saturated rings. The number of para-hydroxylation sites is 2. The number of benzene rings is 10. The molecule has 0 amide bonds. The summed E-state index contributed by atoms with van der Waals surface area (Å²) in [6.45, 7) is 4.74. The zero-order valence-corrected chi connectivity index (χ0v) is 38.1. The molecule has 11 aromatic rings. The van der Waals surface area contributed by atoms with Gasteiger partial charge in [0.2, 0.25) is 0 Å². The fraction of sp³-hybridized carbons (Fsp3) is 0.0625. The zero-order valence-electron chi connectivity index (χ0n) is 37.2. The van der Waals surface area contributed by atoms with Crippen molar-refractivity contribution in [3.8, 4) is 33.4 Å². The van der Waals surface area contributed by atoms with E-state index < -0.39 is 5.41 Å². The van der Waals surface area contributed by atoms with Crippen molar-refractivity contribution < 1.29 is 0 Å². The standard InChI is InChI=1S/C64H44N2S/c1-63(2)53-26-13-9-22-46(53)48-35-32-44(39-57(48)63)65(41-18-5-3-6-19-41)45-33-36-49-47-23-10-14-27-54(47)64(58(49)40-45)55-28-15-11-25-51(55)62-56(64)29-17-30-59(62)66(42-20-7-4-8-21-42)43-34-37-61-52(38-43)50-24-12-16-31-60(50)67-61/h3-40H,1-2H3. The van der Waals surface area contributed by atoms with Crippen LogP contribution in [0, 0.1) is 0 Å². The molecule has 67 heavy (non-hydrogen) atoms. The van der Waals surface area contributed by atoms with Crippen LogP contribution in [-0.2, 0) is 10.8 Å². The predicted molar refractivity (Wildman–Crippen MR) is 283 cm³/mol. The number of fused-ring (bicyclic) bond motifs is 16. The molecule has 1 heterocycles. The Morgan fingerprint density at radius 1 is 0.313 bits per heavy atom. The summed E-state index contributed by atoms with van der Waals surface area (Å²) in [6.07, 6.45) is 0. The summed E-state index contributed by atoms with van der Waals surface area (Å²) in [4.78, 5) is 4.96. The van der Waals surface area contributed by atoms with Crippen LogP contribution in [-0.4, -0.2) is 0 Å². The topological polar surface area (TPSA) is 6.48 Å². The second-order valence-corrected chi connectivity index (χ2v) is 19.9. The van der Waals surface area contributed by atoms with E-state index >= 15 is 0 Å². The average Bonchev–Trinajstić information content (AvgIpc) is 4.07. The summed E-state index contributed by atoms with van der Waals surface area (Å²) in [6, 6.07) is 86.3. The largest absolute Gasteiger partial charge is 0.310 e. The summed E-state index contributed by atoms with van der Waals surface area (Å²) in [5, 5.41) is 2.59. The molecule has 3 aliphatic rings. The molecule has 316 valence electrons. The fourth-order valence-electron chi connectivity index (χ4n) is 12.2. The van der Waals surface area contributed by atoms with Crippen molar-refractivity contribution in [2.75, 3.05) is 9.80 Å². The molecule has 0 bridgehead atoms. The first-order valence-electron chi connectivity index (χ1n) is 23.3. The molecule has 1 aromatic heterocycles. The zero-order chi connectivity index (χ0) is 44.4. The minimum Gasteiger partial charge on any atom is -0.310 e. The summed E-state index contributed by atoms with van der Waals surface area (Å²) in [5.74, 6) is 0. The molecule has 3 heteroatoms. The summed E-state index contributed by atoms with van der Waals surface area (Å²) in [7, 11) is 0. The lowest BCUT2D eigenvalue weighted by Crippen LogP contribution is -2.26. The number of hydrogen-bond acceptors (Lipinski definition) is 3. The Kier molecular flexibility index (Phi) is 8.15. The van der Waals surface area contributed by atoms with Gasteiger partial charge in [0.05, 0.1) is 11.1 Å². The van der Waals surface area contributed by atoms with Crippen molar-refractivity contribution in [1.82, 2.24) is 0 Å². The summed E-state index contributed by atoms with van der Waals surface area (Å²) in [5.41, 5.74) is 21.9. The summed E-state index contributed by atoms with van der Waals surface area (Å²) < 4.78 is 2.61. The van der Waals surface area contributed by atoms with Gasteiger partial charge in [0, 0.05) is 59.6 Å². The van der Waals surface area contributed by atoms with Crippen LogP contribution in [0.4, 0.5) is 34.1 Å². The maximum atomic E-state index is 2.51. The van der Waals surface area contributed by atoms with Gasteiger partial charge in [-0.1, -0.05) is 166 Å². The third-order valence-corrected chi connectivity index (χ3v) is 16.2. The molecular formula is C64H44N2S. The second-order valence-electron chi connectivity index (χ2n) is 18.8. The highest BCUT2D eigenvalue weighted by molar-refractivity contribution is 7.25. The fourth-order valence-corrected chi connectivity index (χ4v) is 13.3. The number of rotatable bonds is 6. The normalized spacial score (nSPS) is 15.5. The van der Waals surface area contributed by atoms with Crippen molar-refractivity contribution in [3.63, 3.8) is 0 Å². The van der Waals surface area contributed by atoms with E-state index in [1.165, 1.54) is 92.6 Å². The Labute approximate surface area is 395 Å². The SMILES string of the molecule is CC1(C)c2ccccc2-c2ccc(N(c3ccccc3)c3ccc4c(c3)C3(c5ccccc5-4)c4ccccc4-c4c(N(c5ccccc5)c5ccc6sc7ccccc7c6c5)cccc43)cc21. The van der Waals surface area contributed by atoms with Crippen LogP contribution < -0.4 is 9.80 Å². The third-order valence-electron chi connectivity index (χ3n) is 15.0. The first kappa shape index (κ1) is 38.3. The van der Waals surface area contributed by atoms with Crippen LogP contribution >= 0.6 is 11.3 Å². The van der Waals surface area contributed by atoms with E-state index in [1.807, 2.05) is 11.3 Å². The van der Waals surface area contributed by atoms with Crippen LogP contribution in [0.2, 0.25) is 0 Å². The monoisotopic (exact) mass is 872 g/mol. The van der Waals surface area contributed by atoms with E-state index in [2.05, 4.69) is 254 Å². The van der Waals surface area contributed by atoms with Crippen LogP contribution in [0.15, 0.2) is 231 Å². The van der Waals surface area contributed by atoms with Gasteiger partial charge in [0.25, 0.3) is 0 Å². The number of hydrogen-bond donors (Lipinski definition) is 0. The van der Waals surface area contributed by atoms with Crippen molar-refractivity contribution in [3.05, 3.63) is 264 Å². The van der Waals surface area contributed by atoms with Crippen molar-refractivity contribution in [1.29, 1.82) is 0 Å². The molecule has 1 unspecified atom stereocenters. The minimum absolute atomic E-state index is 0.125. The van der Waals surface area contributed by atoms with Gasteiger partial charge in [-0.05, 0) is 140 Å². The van der Waals surface area contributed by atoms with Gasteiger partial charge < -0.3 is 9.80 Å². The number of thiophene rings is 1. The van der Waals surface area contributed by atoms with Gasteiger partial charge in [-0.25, -0.2) is 0 Å². The lowest BCUT2D eigenvalue weighted by molar-refractivity contribution is 0.660. The Hall–Kier alpha value is -7.98. The van der Waals surface area contributed by atoms with Gasteiger partial charge in [-0.15, -0.1) is 11.3 Å². The maximum Gasteiger partial charge on any atom is 0.0727 e. The molecule has 2 nitrogen and oxygen atoms in total. The van der Waals surface area contributed by atoms with Crippen LogP contribution in [0.25, 0.3) is 53.6 Å². The first-order chi connectivity index (χ1) is 33.0. The molecule has 14 rings (SSSR count). The van der Waals surface area contributed by atoms with Gasteiger partial charge >= 0.3 is 0 Å². The highest BCUT2D eigenvalue weighted by atomic mass is 32.1. The van der Waals surface area contributed by atoms with Gasteiger partial charge in [0.15, 0.2) is 0 Å². The Balaban J connectivity index is 1.01. The van der Waals surface area contributed by atoms with Crippen molar-refractivity contribution >= 4 is 65.6 Å². The lowest BCUT2D eigenvalue weighted by Gasteiger charge is -2.33.